The molecule has 0 aliphatic carbocycles. The van der Waals surface area contributed by atoms with Crippen LogP contribution in [0, 0.1) is 0 Å². The number of imide groups is 1. The predicted octanol–water partition coefficient (Wildman–Crippen LogP) is 1.07. The average molecular weight is 481 g/mol. The number of benzene rings is 1. The Morgan fingerprint density at radius 3 is 2.49 bits per heavy atom. The van der Waals surface area contributed by atoms with Gasteiger partial charge in [-0.2, -0.15) is 0 Å². The first kappa shape index (κ1) is 24.8. The van der Waals surface area contributed by atoms with E-state index in [0.29, 0.717) is 57.1 Å². The van der Waals surface area contributed by atoms with E-state index in [1.54, 1.807) is 29.4 Å². The van der Waals surface area contributed by atoms with Gasteiger partial charge in [0.1, 0.15) is 5.75 Å². The summed E-state index contributed by atoms with van der Waals surface area (Å²) >= 11 is 0. The molecular weight excluding hydrogens is 448 g/mol. The van der Waals surface area contributed by atoms with E-state index < -0.39 is 5.41 Å². The van der Waals surface area contributed by atoms with Crippen molar-refractivity contribution in [2.24, 2.45) is 0 Å². The zero-order chi connectivity index (χ0) is 24.7. The van der Waals surface area contributed by atoms with E-state index in [9.17, 15) is 14.4 Å². The van der Waals surface area contributed by atoms with Crippen molar-refractivity contribution in [3.05, 3.63) is 60.4 Å². The van der Waals surface area contributed by atoms with E-state index in [0.717, 1.165) is 0 Å². The third-order valence-corrected chi connectivity index (χ3v) is 6.76. The molecule has 35 heavy (non-hydrogen) atoms. The molecule has 2 aliphatic heterocycles. The van der Waals surface area contributed by atoms with Crippen LogP contribution in [0.25, 0.3) is 0 Å². The smallest absolute Gasteiger partial charge is 0.240 e. The highest BCUT2D eigenvalue weighted by atomic mass is 16.5. The maximum absolute atomic E-state index is 13.7. The van der Waals surface area contributed by atoms with Gasteiger partial charge in [0.2, 0.25) is 17.7 Å². The minimum absolute atomic E-state index is 0.0183. The van der Waals surface area contributed by atoms with Gasteiger partial charge in [-0.1, -0.05) is 30.3 Å². The molecule has 1 N–H and O–H groups in total. The summed E-state index contributed by atoms with van der Waals surface area (Å²) in [5.74, 6) is -0.0709. The molecule has 1 atom stereocenters. The molecule has 2 aliphatic rings. The first-order valence-electron chi connectivity index (χ1n) is 12.1. The number of aliphatic hydroxyl groups is 1. The Bertz CT molecular complexity index is 1010. The highest BCUT2D eigenvalue weighted by Crippen LogP contribution is 2.40. The van der Waals surface area contributed by atoms with E-state index in [1.807, 2.05) is 30.3 Å². The van der Waals surface area contributed by atoms with Crippen LogP contribution in [0.2, 0.25) is 0 Å². The lowest BCUT2D eigenvalue weighted by atomic mass is 9.75. The molecule has 2 aromatic rings. The van der Waals surface area contributed by atoms with Crippen molar-refractivity contribution in [2.75, 3.05) is 52.5 Å². The number of hydrogen-bond acceptors (Lipinski definition) is 7. The summed E-state index contributed by atoms with van der Waals surface area (Å²) in [6, 6.07) is 12.7. The van der Waals surface area contributed by atoms with E-state index in [-0.39, 0.29) is 43.7 Å². The van der Waals surface area contributed by atoms with Gasteiger partial charge in [0.15, 0.2) is 0 Å². The molecule has 0 spiro atoms. The van der Waals surface area contributed by atoms with Crippen LogP contribution < -0.4 is 4.74 Å². The molecule has 2 saturated heterocycles. The Kier molecular flexibility index (Phi) is 8.09. The highest BCUT2D eigenvalue weighted by molar-refractivity contribution is 6.10. The Balaban J connectivity index is 1.44. The number of aromatic nitrogens is 1. The van der Waals surface area contributed by atoms with Gasteiger partial charge in [0.05, 0.1) is 24.8 Å². The molecule has 1 aromatic heterocycles. The fourth-order valence-corrected chi connectivity index (χ4v) is 4.83. The first-order valence-corrected chi connectivity index (χ1v) is 12.1. The summed E-state index contributed by atoms with van der Waals surface area (Å²) in [7, 11) is 0. The molecule has 1 unspecified atom stereocenters. The summed E-state index contributed by atoms with van der Waals surface area (Å²) in [5, 5.41) is 9.15. The summed E-state index contributed by atoms with van der Waals surface area (Å²) in [6.07, 6.45) is 3.70. The second-order valence-corrected chi connectivity index (χ2v) is 8.99. The summed E-state index contributed by atoms with van der Waals surface area (Å²) in [4.78, 5) is 49.2. The van der Waals surface area contributed by atoms with Gasteiger partial charge in [-0.15, -0.1) is 0 Å². The van der Waals surface area contributed by atoms with Crippen molar-refractivity contribution in [2.45, 2.75) is 24.7 Å². The highest BCUT2D eigenvalue weighted by Gasteiger charge is 2.53. The van der Waals surface area contributed by atoms with Crippen LogP contribution >= 0.6 is 0 Å². The fourth-order valence-electron chi connectivity index (χ4n) is 4.83. The Hall–Kier alpha value is -3.30. The maximum atomic E-state index is 13.7. The van der Waals surface area contributed by atoms with Gasteiger partial charge < -0.3 is 14.7 Å². The number of piperazine rings is 1. The number of ether oxygens (including phenoxy) is 1. The molecule has 1 aromatic carbocycles. The molecule has 186 valence electrons. The van der Waals surface area contributed by atoms with Crippen molar-refractivity contribution >= 4 is 17.7 Å². The molecule has 2 fully saturated rings. The summed E-state index contributed by atoms with van der Waals surface area (Å²) in [5.41, 5.74) is -0.498. The molecule has 0 radical (unpaired) electrons. The lowest BCUT2D eigenvalue weighted by molar-refractivity contribution is -0.143. The maximum Gasteiger partial charge on any atom is 0.240 e. The third kappa shape index (κ3) is 5.68. The average Bonchev–Trinajstić information content (AvgIpc) is 3.13. The largest absolute Gasteiger partial charge is 0.492 e. The SMILES string of the molecule is O=C(CC1(c2ccccc2)CC(=O)N(CCCOc2cccnc2)C1=O)N1CCN(CCO)CC1. The Morgan fingerprint density at radius 1 is 1.03 bits per heavy atom. The van der Waals surface area contributed by atoms with Crippen LogP contribution in [0.1, 0.15) is 24.8 Å². The number of nitrogens with zero attached hydrogens (tertiary/aromatic N) is 4. The van der Waals surface area contributed by atoms with E-state index >= 15 is 0 Å². The first-order chi connectivity index (χ1) is 17.0. The van der Waals surface area contributed by atoms with E-state index in [4.69, 9.17) is 9.84 Å². The molecule has 9 heteroatoms. The second kappa shape index (κ2) is 11.4. The number of likely N-dealkylation sites (tertiary alicyclic amines) is 1. The van der Waals surface area contributed by atoms with Crippen molar-refractivity contribution < 1.29 is 24.2 Å². The van der Waals surface area contributed by atoms with Crippen LogP contribution in [-0.2, 0) is 19.8 Å². The number of carbonyl (C=O) groups is 3. The molecule has 3 amide bonds. The van der Waals surface area contributed by atoms with Crippen LogP contribution in [0.4, 0.5) is 0 Å². The van der Waals surface area contributed by atoms with Crippen molar-refractivity contribution in [3.8, 4) is 5.75 Å². The third-order valence-electron chi connectivity index (χ3n) is 6.76. The zero-order valence-corrected chi connectivity index (χ0v) is 19.8. The monoisotopic (exact) mass is 480 g/mol. The number of rotatable bonds is 10. The normalized spacial score (nSPS) is 20.9. The number of hydrogen-bond donors (Lipinski definition) is 1. The number of amides is 3. The Labute approximate surface area is 205 Å². The molecular formula is C26H32N4O5. The van der Waals surface area contributed by atoms with Crippen LogP contribution in [0.5, 0.6) is 5.75 Å². The number of pyridine rings is 1. The van der Waals surface area contributed by atoms with E-state index in [1.165, 1.54) is 4.90 Å². The van der Waals surface area contributed by atoms with Crippen molar-refractivity contribution in [1.82, 2.24) is 19.7 Å². The number of β-amino-alcohol motifs (C(OH)–C–C–N with tert-alkyl or cyclic N) is 1. The zero-order valence-electron chi connectivity index (χ0n) is 19.8. The minimum atomic E-state index is -1.19. The van der Waals surface area contributed by atoms with Gasteiger partial charge in [-0.25, -0.2) is 0 Å². The van der Waals surface area contributed by atoms with Crippen LogP contribution in [-0.4, -0.2) is 95.0 Å². The quantitative estimate of drug-likeness (QED) is 0.401. The minimum Gasteiger partial charge on any atom is -0.492 e. The molecule has 4 rings (SSSR count). The number of carbonyl (C=O) groups excluding carboxylic acids is 3. The van der Waals surface area contributed by atoms with Gasteiger partial charge in [0.25, 0.3) is 0 Å². The molecule has 0 bridgehead atoms. The van der Waals surface area contributed by atoms with Gasteiger partial charge in [0, 0.05) is 58.3 Å². The lowest BCUT2D eigenvalue weighted by Gasteiger charge is -2.36. The topological polar surface area (TPSA) is 103 Å². The van der Waals surface area contributed by atoms with E-state index in [2.05, 4.69) is 9.88 Å². The van der Waals surface area contributed by atoms with Crippen LogP contribution in [0.3, 0.4) is 0 Å². The summed E-state index contributed by atoms with van der Waals surface area (Å²) < 4.78 is 5.65. The molecule has 0 saturated carbocycles. The number of aliphatic hydroxyl groups excluding tert-OH is 1. The van der Waals surface area contributed by atoms with Crippen LogP contribution in [0.15, 0.2) is 54.9 Å². The lowest BCUT2D eigenvalue weighted by Crippen LogP contribution is -2.51. The second-order valence-electron chi connectivity index (χ2n) is 8.99. The Morgan fingerprint density at radius 2 is 1.80 bits per heavy atom. The molecule has 3 heterocycles. The van der Waals surface area contributed by atoms with Crippen molar-refractivity contribution in [3.63, 3.8) is 0 Å². The van der Waals surface area contributed by atoms with Gasteiger partial charge in [-0.05, 0) is 24.1 Å². The fraction of sp³-hybridized carbons (Fsp3) is 0.462. The van der Waals surface area contributed by atoms with Crippen molar-refractivity contribution in [1.29, 1.82) is 0 Å². The van der Waals surface area contributed by atoms with Gasteiger partial charge >= 0.3 is 0 Å². The van der Waals surface area contributed by atoms with Gasteiger partial charge in [-0.3, -0.25) is 29.2 Å². The predicted molar refractivity (Wildman–Crippen MR) is 129 cm³/mol. The standard InChI is InChI=1S/C26H32N4O5/c31-16-15-28-11-13-29(14-12-28)23(32)18-26(21-6-2-1-3-7-21)19-24(33)30(25(26)34)10-5-17-35-22-8-4-9-27-20-22/h1-4,6-9,20,31H,5,10-19H2. The molecule has 9 nitrogen and oxygen atoms in total. The summed E-state index contributed by atoms with van der Waals surface area (Å²) in [6.45, 7) is 3.70.